The molecule has 0 aliphatic heterocycles. The molecule has 0 aliphatic carbocycles. The van der Waals surface area contributed by atoms with Gasteiger partial charge < -0.3 is 15.0 Å². The molecule has 5 nitrogen and oxygen atoms in total. The maximum Gasteiger partial charge on any atom is 0.251 e. The zero-order valence-electron chi connectivity index (χ0n) is 13.8. The van der Waals surface area contributed by atoms with Crippen molar-refractivity contribution in [2.75, 3.05) is 20.3 Å². The Morgan fingerprint density at radius 1 is 1.26 bits per heavy atom. The van der Waals surface area contributed by atoms with Crippen LogP contribution in [-0.2, 0) is 16.0 Å². The lowest BCUT2D eigenvalue weighted by atomic mass is 10.1. The minimum Gasteiger partial charge on any atom is -0.385 e. The highest BCUT2D eigenvalue weighted by Gasteiger charge is 2.07. The Bertz CT molecular complexity index is 722. The fourth-order valence-electron chi connectivity index (χ4n) is 2.48. The molecule has 0 bridgehead atoms. The molecule has 2 rings (SSSR count). The van der Waals surface area contributed by atoms with Crippen molar-refractivity contribution in [1.82, 2.24) is 10.3 Å². The zero-order chi connectivity index (χ0) is 16.7. The summed E-state index contributed by atoms with van der Waals surface area (Å²) in [7, 11) is 1.67. The van der Waals surface area contributed by atoms with Crippen LogP contribution in [0.5, 0.6) is 0 Å². The van der Waals surface area contributed by atoms with Crippen LogP contribution >= 0.6 is 0 Å². The van der Waals surface area contributed by atoms with E-state index in [1.54, 1.807) is 7.11 Å². The first kappa shape index (κ1) is 17.2. The number of H-pyrrole nitrogens is 1. The van der Waals surface area contributed by atoms with Gasteiger partial charge in [-0.05, 0) is 49.3 Å². The van der Waals surface area contributed by atoms with Crippen LogP contribution < -0.4 is 10.9 Å². The van der Waals surface area contributed by atoms with E-state index in [1.165, 1.54) is 0 Å². The number of aromatic amines is 1. The molecule has 0 aliphatic rings. The third kappa shape index (κ3) is 5.21. The number of hydrogen-bond acceptors (Lipinski definition) is 3. The first-order valence-electron chi connectivity index (χ1n) is 7.98. The van der Waals surface area contributed by atoms with E-state index < -0.39 is 0 Å². The SMILES string of the molecule is COCCCCNC(=O)CCc1cc2ccc(C)cc2[nH]c1=O. The Morgan fingerprint density at radius 3 is 2.87 bits per heavy atom. The molecule has 23 heavy (non-hydrogen) atoms. The minimum atomic E-state index is -0.115. The van der Waals surface area contributed by atoms with E-state index in [2.05, 4.69) is 10.3 Å². The molecule has 5 heteroatoms. The van der Waals surface area contributed by atoms with Gasteiger partial charge in [0.05, 0.1) is 0 Å². The number of aromatic nitrogens is 1. The van der Waals surface area contributed by atoms with Crippen molar-refractivity contribution in [3.05, 3.63) is 45.7 Å². The number of pyridine rings is 1. The van der Waals surface area contributed by atoms with E-state index in [4.69, 9.17) is 4.74 Å². The second kappa shape index (κ2) is 8.48. The Balaban J connectivity index is 1.89. The summed E-state index contributed by atoms with van der Waals surface area (Å²) in [6.07, 6.45) is 2.60. The van der Waals surface area contributed by atoms with Gasteiger partial charge in [-0.1, -0.05) is 12.1 Å². The van der Waals surface area contributed by atoms with Crippen molar-refractivity contribution in [1.29, 1.82) is 0 Å². The number of aryl methyl sites for hydroxylation is 2. The smallest absolute Gasteiger partial charge is 0.251 e. The van der Waals surface area contributed by atoms with Crippen molar-refractivity contribution in [2.24, 2.45) is 0 Å². The molecule has 0 radical (unpaired) electrons. The fourth-order valence-corrected chi connectivity index (χ4v) is 2.48. The topological polar surface area (TPSA) is 71.2 Å². The van der Waals surface area contributed by atoms with Crippen molar-refractivity contribution in [3.63, 3.8) is 0 Å². The van der Waals surface area contributed by atoms with Crippen LogP contribution in [0.25, 0.3) is 10.9 Å². The highest BCUT2D eigenvalue weighted by Crippen LogP contribution is 2.13. The lowest BCUT2D eigenvalue weighted by molar-refractivity contribution is -0.121. The maximum absolute atomic E-state index is 12.1. The normalized spacial score (nSPS) is 10.9. The molecule has 2 N–H and O–H groups in total. The van der Waals surface area contributed by atoms with Gasteiger partial charge in [0.25, 0.3) is 5.56 Å². The molecular formula is C18H24N2O3. The molecule has 0 atom stereocenters. The fraction of sp³-hybridized carbons (Fsp3) is 0.444. The summed E-state index contributed by atoms with van der Waals surface area (Å²) in [5, 5.41) is 3.86. The van der Waals surface area contributed by atoms with Crippen molar-refractivity contribution in [2.45, 2.75) is 32.6 Å². The van der Waals surface area contributed by atoms with E-state index in [0.29, 0.717) is 31.6 Å². The van der Waals surface area contributed by atoms with E-state index in [1.807, 2.05) is 31.2 Å². The quantitative estimate of drug-likeness (QED) is 0.734. The van der Waals surface area contributed by atoms with Crippen LogP contribution in [0.15, 0.2) is 29.1 Å². The Morgan fingerprint density at radius 2 is 2.09 bits per heavy atom. The van der Waals surface area contributed by atoms with Gasteiger partial charge in [-0.25, -0.2) is 0 Å². The summed E-state index contributed by atoms with van der Waals surface area (Å²) in [5.74, 6) is -0.0224. The van der Waals surface area contributed by atoms with Gasteiger partial charge >= 0.3 is 0 Å². The van der Waals surface area contributed by atoms with Gasteiger partial charge in [0.2, 0.25) is 5.91 Å². The molecule has 2 aromatic rings. The lowest BCUT2D eigenvalue weighted by Crippen LogP contribution is -2.25. The molecule has 0 fully saturated rings. The molecule has 124 valence electrons. The van der Waals surface area contributed by atoms with Crippen molar-refractivity contribution in [3.8, 4) is 0 Å². The number of ether oxygens (including phenoxy) is 1. The summed E-state index contributed by atoms with van der Waals surface area (Å²) in [4.78, 5) is 26.8. The second-order valence-electron chi connectivity index (χ2n) is 5.76. The zero-order valence-corrected chi connectivity index (χ0v) is 13.8. The molecule has 0 saturated carbocycles. The lowest BCUT2D eigenvalue weighted by Gasteiger charge is -2.06. The third-order valence-electron chi connectivity index (χ3n) is 3.80. The van der Waals surface area contributed by atoms with Crippen molar-refractivity contribution < 1.29 is 9.53 Å². The average molecular weight is 316 g/mol. The molecule has 0 saturated heterocycles. The Labute approximate surface area is 136 Å². The van der Waals surface area contributed by atoms with E-state index in [0.717, 1.165) is 29.3 Å². The predicted molar refractivity (Wildman–Crippen MR) is 91.7 cm³/mol. The highest BCUT2D eigenvalue weighted by atomic mass is 16.5. The van der Waals surface area contributed by atoms with Gasteiger partial charge in [-0.3, -0.25) is 9.59 Å². The molecule has 0 spiro atoms. The van der Waals surface area contributed by atoms with Crippen molar-refractivity contribution >= 4 is 16.8 Å². The third-order valence-corrected chi connectivity index (χ3v) is 3.80. The van der Waals surface area contributed by atoms with Gasteiger partial charge in [0, 0.05) is 37.8 Å². The molecular weight excluding hydrogens is 292 g/mol. The van der Waals surface area contributed by atoms with Crippen LogP contribution in [-0.4, -0.2) is 31.2 Å². The van der Waals surface area contributed by atoms with Crippen LogP contribution in [0, 0.1) is 6.92 Å². The number of amides is 1. The Hall–Kier alpha value is -2.14. The molecule has 1 aromatic carbocycles. The number of rotatable bonds is 8. The monoisotopic (exact) mass is 316 g/mol. The Kier molecular flexibility index (Phi) is 6.35. The van der Waals surface area contributed by atoms with Gasteiger partial charge in [-0.15, -0.1) is 0 Å². The number of methoxy groups -OCH3 is 1. The number of nitrogens with one attached hydrogen (secondary N) is 2. The molecule has 1 amide bonds. The van der Waals surface area contributed by atoms with Crippen LogP contribution in [0.3, 0.4) is 0 Å². The number of carbonyl (C=O) groups excluding carboxylic acids is 1. The first-order chi connectivity index (χ1) is 11.1. The van der Waals surface area contributed by atoms with Crippen LogP contribution in [0.4, 0.5) is 0 Å². The number of fused-ring (bicyclic) bond motifs is 1. The highest BCUT2D eigenvalue weighted by molar-refractivity contribution is 5.80. The maximum atomic E-state index is 12.1. The van der Waals surface area contributed by atoms with Crippen LogP contribution in [0.2, 0.25) is 0 Å². The largest absolute Gasteiger partial charge is 0.385 e. The van der Waals surface area contributed by atoms with Gasteiger partial charge in [0.1, 0.15) is 0 Å². The van der Waals surface area contributed by atoms with Crippen LogP contribution in [0.1, 0.15) is 30.4 Å². The van der Waals surface area contributed by atoms with E-state index in [-0.39, 0.29) is 11.5 Å². The van der Waals surface area contributed by atoms with E-state index >= 15 is 0 Å². The van der Waals surface area contributed by atoms with Gasteiger partial charge in [0.15, 0.2) is 0 Å². The summed E-state index contributed by atoms with van der Waals surface area (Å²) >= 11 is 0. The summed E-state index contributed by atoms with van der Waals surface area (Å²) in [6, 6.07) is 7.82. The number of unbranched alkanes of at least 4 members (excludes halogenated alkanes) is 1. The average Bonchev–Trinajstić information content (AvgIpc) is 2.52. The standard InChI is InChI=1S/C18H24N2O3/c1-13-5-6-14-12-15(18(22)20-16(14)11-13)7-8-17(21)19-9-3-4-10-23-2/h5-6,11-12H,3-4,7-10H2,1-2H3,(H,19,21)(H,20,22). The number of carbonyl (C=O) groups is 1. The first-order valence-corrected chi connectivity index (χ1v) is 7.98. The summed E-state index contributed by atoms with van der Waals surface area (Å²) < 4.78 is 4.96. The minimum absolute atomic E-state index is 0.0224. The predicted octanol–water partition coefficient (Wildman–Crippen LogP) is 2.31. The summed E-state index contributed by atoms with van der Waals surface area (Å²) in [5.41, 5.74) is 2.47. The molecule has 0 unspecified atom stereocenters. The van der Waals surface area contributed by atoms with E-state index in [9.17, 15) is 9.59 Å². The van der Waals surface area contributed by atoms with Gasteiger partial charge in [-0.2, -0.15) is 0 Å². The number of benzene rings is 1. The molecule has 1 heterocycles. The molecule has 1 aromatic heterocycles. The number of hydrogen-bond donors (Lipinski definition) is 2. The second-order valence-corrected chi connectivity index (χ2v) is 5.76. The summed E-state index contributed by atoms with van der Waals surface area (Å²) in [6.45, 7) is 3.35.